The number of nitrogens with zero attached hydrogens (tertiary/aromatic N) is 2. The maximum absolute atomic E-state index is 10.8. The zero-order chi connectivity index (χ0) is 22.6. The number of hydrogen-bond acceptors (Lipinski definition) is 5. The van der Waals surface area contributed by atoms with E-state index in [2.05, 4.69) is 28.0 Å². The summed E-state index contributed by atoms with van der Waals surface area (Å²) in [5, 5.41) is 10.8. The van der Waals surface area contributed by atoms with E-state index < -0.39 is 6.10 Å². The van der Waals surface area contributed by atoms with E-state index in [1.54, 1.807) is 18.2 Å². The lowest BCUT2D eigenvalue weighted by Gasteiger charge is -2.37. The molecule has 5 nitrogen and oxygen atoms in total. The third-order valence-corrected chi connectivity index (χ3v) is 7.64. The highest BCUT2D eigenvalue weighted by atomic mass is 16.5. The van der Waals surface area contributed by atoms with Crippen LogP contribution in [0.15, 0.2) is 30.3 Å². The van der Waals surface area contributed by atoms with Crippen LogP contribution in [0.1, 0.15) is 47.9 Å². The van der Waals surface area contributed by atoms with Crippen molar-refractivity contribution in [2.45, 2.75) is 57.5 Å². The number of aliphatic hydroxyl groups is 1. The SMILES string of the molecule is COc1cccc(N2CCN(CC(O)COc3cc4c(c5c3CCCC5)CCCC4)CC2)c1. The van der Waals surface area contributed by atoms with Gasteiger partial charge in [-0.2, -0.15) is 0 Å². The molecule has 33 heavy (non-hydrogen) atoms. The molecule has 178 valence electrons. The van der Waals surface area contributed by atoms with Crippen LogP contribution in [-0.2, 0) is 25.7 Å². The highest BCUT2D eigenvalue weighted by Gasteiger charge is 2.24. The van der Waals surface area contributed by atoms with E-state index in [9.17, 15) is 5.11 Å². The van der Waals surface area contributed by atoms with E-state index in [1.807, 2.05) is 12.1 Å². The minimum Gasteiger partial charge on any atom is -0.497 e. The maximum atomic E-state index is 10.8. The van der Waals surface area contributed by atoms with Gasteiger partial charge in [-0.05, 0) is 91.8 Å². The number of aryl methyl sites for hydroxylation is 1. The predicted molar refractivity (Wildman–Crippen MR) is 133 cm³/mol. The standard InChI is InChI=1S/C28H38N2O3/c1-32-24-9-6-8-22(18-24)30-15-13-29(14-16-30)19-23(31)20-33-28-17-21-7-2-3-10-25(21)26-11-4-5-12-27(26)28/h6,8-9,17-18,23,31H,2-5,7,10-16,19-20H2,1H3. The zero-order valence-electron chi connectivity index (χ0n) is 20.0. The van der Waals surface area contributed by atoms with E-state index in [1.165, 1.54) is 61.8 Å². The van der Waals surface area contributed by atoms with Gasteiger partial charge in [0.15, 0.2) is 0 Å². The molecular formula is C28H38N2O3. The van der Waals surface area contributed by atoms with Gasteiger partial charge in [-0.15, -0.1) is 0 Å². The fourth-order valence-electron chi connectivity index (χ4n) is 5.85. The van der Waals surface area contributed by atoms with Crippen LogP contribution in [0.4, 0.5) is 5.69 Å². The van der Waals surface area contributed by atoms with Crippen LogP contribution < -0.4 is 14.4 Å². The lowest BCUT2D eigenvalue weighted by Crippen LogP contribution is -2.49. The van der Waals surface area contributed by atoms with Crippen LogP contribution in [0.2, 0.25) is 0 Å². The number of β-amino-alcohol motifs (C(OH)–C–C–N with tert-alkyl or cyclic N) is 1. The molecule has 0 spiro atoms. The molecule has 5 rings (SSSR count). The minimum absolute atomic E-state index is 0.376. The van der Waals surface area contributed by atoms with Crippen LogP contribution in [0.3, 0.4) is 0 Å². The fraction of sp³-hybridized carbons (Fsp3) is 0.571. The monoisotopic (exact) mass is 450 g/mol. The number of hydrogen-bond donors (Lipinski definition) is 1. The van der Waals surface area contributed by atoms with E-state index in [-0.39, 0.29) is 0 Å². The van der Waals surface area contributed by atoms with Crippen molar-refractivity contribution in [3.05, 3.63) is 52.6 Å². The molecule has 0 saturated carbocycles. The highest BCUT2D eigenvalue weighted by Crippen LogP contribution is 2.38. The van der Waals surface area contributed by atoms with E-state index >= 15 is 0 Å². The summed E-state index contributed by atoms with van der Waals surface area (Å²) >= 11 is 0. The number of piperazine rings is 1. The molecule has 1 unspecified atom stereocenters. The number of anilines is 1. The van der Waals surface area contributed by atoms with Crippen molar-refractivity contribution in [2.75, 3.05) is 51.3 Å². The molecule has 0 aromatic heterocycles. The first-order valence-electron chi connectivity index (χ1n) is 12.8. The van der Waals surface area contributed by atoms with Crippen molar-refractivity contribution < 1.29 is 14.6 Å². The average Bonchev–Trinajstić information content (AvgIpc) is 2.88. The topological polar surface area (TPSA) is 45.2 Å². The Morgan fingerprint density at radius 3 is 2.39 bits per heavy atom. The van der Waals surface area contributed by atoms with Gasteiger partial charge >= 0.3 is 0 Å². The minimum atomic E-state index is -0.469. The first-order chi connectivity index (χ1) is 16.2. The van der Waals surface area contributed by atoms with Crippen LogP contribution in [-0.4, -0.2) is 62.6 Å². The van der Waals surface area contributed by atoms with Gasteiger partial charge in [0, 0.05) is 44.5 Å². The number of benzene rings is 2. The maximum Gasteiger partial charge on any atom is 0.123 e. The molecule has 1 aliphatic heterocycles. The summed E-state index contributed by atoms with van der Waals surface area (Å²) in [5.41, 5.74) is 7.34. The number of aliphatic hydroxyl groups excluding tert-OH is 1. The Kier molecular flexibility index (Phi) is 7.07. The molecule has 5 heteroatoms. The molecule has 1 N–H and O–H groups in total. The summed E-state index contributed by atoms with van der Waals surface area (Å²) in [6.07, 6.45) is 9.44. The average molecular weight is 451 g/mol. The Morgan fingerprint density at radius 2 is 1.61 bits per heavy atom. The van der Waals surface area contributed by atoms with Gasteiger partial charge in [0.05, 0.1) is 7.11 Å². The third kappa shape index (κ3) is 5.15. The van der Waals surface area contributed by atoms with E-state index in [0.717, 1.165) is 44.1 Å². The largest absolute Gasteiger partial charge is 0.497 e. The third-order valence-electron chi connectivity index (χ3n) is 7.64. The molecule has 2 aromatic carbocycles. The fourth-order valence-corrected chi connectivity index (χ4v) is 5.85. The van der Waals surface area contributed by atoms with Crippen molar-refractivity contribution in [2.24, 2.45) is 0 Å². The number of fused-ring (bicyclic) bond motifs is 3. The van der Waals surface area contributed by atoms with Crippen LogP contribution in [0.5, 0.6) is 11.5 Å². The number of methoxy groups -OCH3 is 1. The molecule has 0 amide bonds. The van der Waals surface area contributed by atoms with Crippen molar-refractivity contribution in [1.82, 2.24) is 4.90 Å². The summed E-state index contributed by atoms with van der Waals surface area (Å²) in [4.78, 5) is 4.74. The van der Waals surface area contributed by atoms with Crippen LogP contribution in [0.25, 0.3) is 0 Å². The lowest BCUT2D eigenvalue weighted by molar-refractivity contribution is 0.0658. The first-order valence-corrected chi connectivity index (χ1v) is 12.8. The molecule has 2 aromatic rings. The van der Waals surface area contributed by atoms with Crippen LogP contribution in [0, 0.1) is 0 Å². The molecule has 1 saturated heterocycles. The van der Waals surface area contributed by atoms with Gasteiger partial charge in [-0.25, -0.2) is 0 Å². The smallest absolute Gasteiger partial charge is 0.123 e. The van der Waals surface area contributed by atoms with Crippen molar-refractivity contribution in [1.29, 1.82) is 0 Å². The van der Waals surface area contributed by atoms with E-state index in [4.69, 9.17) is 9.47 Å². The first kappa shape index (κ1) is 22.5. The molecule has 1 fully saturated rings. The highest BCUT2D eigenvalue weighted by molar-refractivity contribution is 5.52. The Balaban J connectivity index is 1.15. The quantitative estimate of drug-likeness (QED) is 0.691. The van der Waals surface area contributed by atoms with Crippen molar-refractivity contribution >= 4 is 5.69 Å². The Hall–Kier alpha value is -2.24. The zero-order valence-corrected chi connectivity index (χ0v) is 20.0. The molecule has 1 atom stereocenters. The second-order valence-electron chi connectivity index (χ2n) is 9.84. The molecule has 2 aliphatic carbocycles. The molecule has 1 heterocycles. The summed E-state index contributed by atoms with van der Waals surface area (Å²) in [7, 11) is 1.71. The molecule has 3 aliphatic rings. The summed E-state index contributed by atoms with van der Waals surface area (Å²) in [6.45, 7) is 4.85. The van der Waals surface area contributed by atoms with E-state index in [0.29, 0.717) is 13.2 Å². The molecular weight excluding hydrogens is 412 g/mol. The lowest BCUT2D eigenvalue weighted by atomic mass is 9.80. The van der Waals surface area contributed by atoms with Gasteiger partial charge < -0.3 is 19.5 Å². The van der Waals surface area contributed by atoms with Gasteiger partial charge in [0.2, 0.25) is 0 Å². The van der Waals surface area contributed by atoms with Gasteiger partial charge in [0.1, 0.15) is 24.2 Å². The summed E-state index contributed by atoms with van der Waals surface area (Å²) in [6, 6.07) is 10.6. The van der Waals surface area contributed by atoms with Gasteiger partial charge in [0.25, 0.3) is 0 Å². The van der Waals surface area contributed by atoms with Gasteiger partial charge in [-0.1, -0.05) is 6.07 Å². The Morgan fingerprint density at radius 1 is 0.879 bits per heavy atom. The molecule has 0 radical (unpaired) electrons. The normalized spacial score (nSPS) is 19.5. The second kappa shape index (κ2) is 10.4. The predicted octanol–water partition coefficient (Wildman–Crippen LogP) is 4.01. The van der Waals surface area contributed by atoms with Crippen molar-refractivity contribution in [3.8, 4) is 11.5 Å². The molecule has 0 bridgehead atoms. The summed E-state index contributed by atoms with van der Waals surface area (Å²) < 4.78 is 11.7. The number of ether oxygens (including phenoxy) is 2. The number of rotatable bonds is 7. The Bertz CT molecular complexity index is 952. The Labute approximate surface area is 198 Å². The van der Waals surface area contributed by atoms with Crippen LogP contribution >= 0.6 is 0 Å². The summed E-state index contributed by atoms with van der Waals surface area (Å²) in [5.74, 6) is 1.94. The van der Waals surface area contributed by atoms with Gasteiger partial charge in [-0.3, -0.25) is 4.90 Å². The second-order valence-corrected chi connectivity index (χ2v) is 9.84. The van der Waals surface area contributed by atoms with Crippen molar-refractivity contribution in [3.63, 3.8) is 0 Å².